The highest BCUT2D eigenvalue weighted by atomic mass is 16.5. The molecule has 1 unspecified atom stereocenters. The molecule has 0 saturated heterocycles. The van der Waals surface area contributed by atoms with E-state index in [1.165, 1.54) is 4.90 Å². The third-order valence-electron chi connectivity index (χ3n) is 2.61. The first-order valence-corrected chi connectivity index (χ1v) is 6.21. The zero-order chi connectivity index (χ0) is 14.4. The van der Waals surface area contributed by atoms with E-state index in [2.05, 4.69) is 5.32 Å². The fraction of sp³-hybridized carbons (Fsp3) is 0.429. The van der Waals surface area contributed by atoms with Gasteiger partial charge in [0.05, 0.1) is 12.2 Å². The maximum Gasteiger partial charge on any atom is 0.340 e. The third-order valence-corrected chi connectivity index (χ3v) is 2.61. The summed E-state index contributed by atoms with van der Waals surface area (Å²) >= 11 is 0. The molecule has 1 aromatic carbocycles. The molecule has 0 aromatic heterocycles. The van der Waals surface area contributed by atoms with Crippen LogP contribution in [0.3, 0.4) is 0 Å². The summed E-state index contributed by atoms with van der Waals surface area (Å²) < 4.78 is 4.98. The van der Waals surface area contributed by atoms with Gasteiger partial charge in [-0.15, -0.1) is 0 Å². The SMILES string of the molecule is CCOC(=O)c1ccccc1NC(C)C(=O)N(C)C. The third kappa shape index (κ3) is 3.98. The Kier molecular flexibility index (Phi) is 5.36. The average molecular weight is 264 g/mol. The second-order valence-electron chi connectivity index (χ2n) is 4.36. The number of rotatable bonds is 5. The summed E-state index contributed by atoms with van der Waals surface area (Å²) in [4.78, 5) is 25.1. The maximum absolute atomic E-state index is 11.8. The second-order valence-corrected chi connectivity index (χ2v) is 4.36. The van der Waals surface area contributed by atoms with Crippen LogP contribution in [0.1, 0.15) is 24.2 Å². The molecule has 0 radical (unpaired) electrons. The van der Waals surface area contributed by atoms with Crippen LogP contribution in [0, 0.1) is 0 Å². The lowest BCUT2D eigenvalue weighted by molar-refractivity contribution is -0.129. The molecular formula is C14H20N2O3. The molecule has 5 nitrogen and oxygen atoms in total. The van der Waals surface area contributed by atoms with Crippen LogP contribution in [0.25, 0.3) is 0 Å². The van der Waals surface area contributed by atoms with Gasteiger partial charge in [0, 0.05) is 19.8 Å². The van der Waals surface area contributed by atoms with E-state index in [1.807, 2.05) is 0 Å². The van der Waals surface area contributed by atoms with E-state index >= 15 is 0 Å². The lowest BCUT2D eigenvalue weighted by Gasteiger charge is -2.20. The molecule has 0 aliphatic heterocycles. The lowest BCUT2D eigenvalue weighted by atomic mass is 10.1. The van der Waals surface area contributed by atoms with Crippen molar-refractivity contribution in [3.05, 3.63) is 29.8 Å². The standard InChI is InChI=1S/C14H20N2O3/c1-5-19-14(18)11-8-6-7-9-12(11)15-10(2)13(17)16(3)4/h6-10,15H,5H2,1-4H3. The largest absolute Gasteiger partial charge is 0.462 e. The number of hydrogen-bond donors (Lipinski definition) is 1. The number of carbonyl (C=O) groups excluding carboxylic acids is 2. The molecule has 104 valence electrons. The number of anilines is 1. The molecule has 1 aromatic rings. The number of benzene rings is 1. The van der Waals surface area contributed by atoms with Crippen molar-refractivity contribution in [3.8, 4) is 0 Å². The van der Waals surface area contributed by atoms with Gasteiger partial charge in [-0.1, -0.05) is 12.1 Å². The van der Waals surface area contributed by atoms with E-state index < -0.39 is 12.0 Å². The van der Waals surface area contributed by atoms with Gasteiger partial charge in [0.2, 0.25) is 5.91 Å². The number of nitrogens with zero attached hydrogens (tertiary/aromatic N) is 1. The van der Waals surface area contributed by atoms with Crippen LogP contribution >= 0.6 is 0 Å². The highest BCUT2D eigenvalue weighted by Crippen LogP contribution is 2.17. The van der Waals surface area contributed by atoms with E-state index in [-0.39, 0.29) is 5.91 Å². The van der Waals surface area contributed by atoms with Crippen LogP contribution in [0.2, 0.25) is 0 Å². The topological polar surface area (TPSA) is 58.6 Å². The van der Waals surface area contributed by atoms with Crippen molar-refractivity contribution in [2.45, 2.75) is 19.9 Å². The number of ether oxygens (including phenoxy) is 1. The highest BCUT2D eigenvalue weighted by molar-refractivity contribution is 5.96. The van der Waals surface area contributed by atoms with Gasteiger partial charge in [-0.3, -0.25) is 4.79 Å². The summed E-state index contributed by atoms with van der Waals surface area (Å²) in [6.45, 7) is 3.83. The summed E-state index contributed by atoms with van der Waals surface area (Å²) in [6.07, 6.45) is 0. The van der Waals surface area contributed by atoms with Crippen LogP contribution < -0.4 is 5.32 Å². The van der Waals surface area contributed by atoms with E-state index in [9.17, 15) is 9.59 Å². The Labute approximate surface area is 113 Å². The minimum Gasteiger partial charge on any atom is -0.462 e. The van der Waals surface area contributed by atoms with Gasteiger partial charge < -0.3 is 15.0 Å². The Morgan fingerprint density at radius 2 is 1.95 bits per heavy atom. The Morgan fingerprint density at radius 1 is 1.32 bits per heavy atom. The van der Waals surface area contributed by atoms with E-state index in [4.69, 9.17) is 4.74 Å². The average Bonchev–Trinajstić information content (AvgIpc) is 2.38. The van der Waals surface area contributed by atoms with E-state index in [1.54, 1.807) is 52.2 Å². The summed E-state index contributed by atoms with van der Waals surface area (Å²) in [5, 5.41) is 3.04. The van der Waals surface area contributed by atoms with Crippen molar-refractivity contribution in [2.24, 2.45) is 0 Å². The Morgan fingerprint density at radius 3 is 2.53 bits per heavy atom. The second kappa shape index (κ2) is 6.78. The predicted octanol–water partition coefficient (Wildman–Crippen LogP) is 1.75. The lowest BCUT2D eigenvalue weighted by Crippen LogP contribution is -2.37. The van der Waals surface area contributed by atoms with Gasteiger partial charge in [0.25, 0.3) is 0 Å². The molecule has 1 rings (SSSR count). The van der Waals surface area contributed by atoms with Crippen molar-refractivity contribution in [1.82, 2.24) is 4.90 Å². The number of carbonyl (C=O) groups is 2. The molecule has 0 fully saturated rings. The molecular weight excluding hydrogens is 244 g/mol. The summed E-state index contributed by atoms with van der Waals surface area (Å²) in [7, 11) is 3.38. The van der Waals surface area contributed by atoms with Crippen LogP contribution in [0.15, 0.2) is 24.3 Å². The molecule has 0 heterocycles. The van der Waals surface area contributed by atoms with Gasteiger partial charge in [0.15, 0.2) is 0 Å². The Balaban J connectivity index is 2.89. The van der Waals surface area contributed by atoms with Crippen molar-refractivity contribution in [2.75, 3.05) is 26.0 Å². The summed E-state index contributed by atoms with van der Waals surface area (Å²) in [6, 6.07) is 6.58. The zero-order valence-electron chi connectivity index (χ0n) is 11.8. The Hall–Kier alpha value is -2.04. The van der Waals surface area contributed by atoms with Crippen molar-refractivity contribution in [3.63, 3.8) is 0 Å². The predicted molar refractivity (Wildman–Crippen MR) is 74.2 cm³/mol. The Bertz CT molecular complexity index is 458. The monoisotopic (exact) mass is 264 g/mol. The van der Waals surface area contributed by atoms with Crippen LogP contribution in [0.5, 0.6) is 0 Å². The zero-order valence-corrected chi connectivity index (χ0v) is 11.8. The first-order valence-electron chi connectivity index (χ1n) is 6.21. The molecule has 0 bridgehead atoms. The molecule has 19 heavy (non-hydrogen) atoms. The number of likely N-dealkylation sites (N-methyl/N-ethyl adjacent to an activating group) is 1. The first-order chi connectivity index (χ1) is 8.97. The van der Waals surface area contributed by atoms with Crippen LogP contribution in [-0.2, 0) is 9.53 Å². The van der Waals surface area contributed by atoms with Crippen molar-refractivity contribution < 1.29 is 14.3 Å². The smallest absolute Gasteiger partial charge is 0.340 e. The molecule has 5 heteroatoms. The fourth-order valence-corrected chi connectivity index (χ4v) is 1.68. The highest BCUT2D eigenvalue weighted by Gasteiger charge is 2.18. The number of esters is 1. The molecule has 0 aliphatic carbocycles. The number of amides is 1. The van der Waals surface area contributed by atoms with Gasteiger partial charge in [-0.2, -0.15) is 0 Å². The van der Waals surface area contributed by atoms with Gasteiger partial charge in [-0.05, 0) is 26.0 Å². The molecule has 1 atom stereocenters. The first kappa shape index (κ1) is 15.0. The number of para-hydroxylation sites is 1. The molecule has 1 amide bonds. The van der Waals surface area contributed by atoms with Crippen LogP contribution in [-0.4, -0.2) is 43.5 Å². The normalized spacial score (nSPS) is 11.6. The van der Waals surface area contributed by atoms with Crippen LogP contribution in [0.4, 0.5) is 5.69 Å². The minimum absolute atomic E-state index is 0.0568. The minimum atomic E-state index is -0.412. The molecule has 0 saturated carbocycles. The fourth-order valence-electron chi connectivity index (χ4n) is 1.68. The molecule has 1 N–H and O–H groups in total. The van der Waals surface area contributed by atoms with Gasteiger partial charge >= 0.3 is 5.97 Å². The summed E-state index contributed by atoms with van der Waals surface area (Å²) in [5.74, 6) is -0.450. The maximum atomic E-state index is 11.8. The van der Waals surface area contributed by atoms with Gasteiger partial charge in [-0.25, -0.2) is 4.79 Å². The van der Waals surface area contributed by atoms with Crippen molar-refractivity contribution >= 4 is 17.6 Å². The molecule has 0 aliphatic rings. The number of nitrogens with one attached hydrogen (secondary N) is 1. The molecule has 0 spiro atoms. The van der Waals surface area contributed by atoms with E-state index in [0.717, 1.165) is 0 Å². The summed E-state index contributed by atoms with van der Waals surface area (Å²) in [5.41, 5.74) is 1.03. The van der Waals surface area contributed by atoms with Crippen molar-refractivity contribution in [1.29, 1.82) is 0 Å². The van der Waals surface area contributed by atoms with Gasteiger partial charge in [0.1, 0.15) is 6.04 Å². The van der Waals surface area contributed by atoms with E-state index in [0.29, 0.717) is 17.9 Å². The quantitative estimate of drug-likeness (QED) is 0.823. The number of hydrogen-bond acceptors (Lipinski definition) is 4.